The number of rotatable bonds is 3. The Labute approximate surface area is 141 Å². The monoisotopic (exact) mass is 343 g/mol. The Bertz CT molecular complexity index is 871. The van der Waals surface area contributed by atoms with Gasteiger partial charge in [0.2, 0.25) is 0 Å². The number of H-pyrrole nitrogens is 1. The summed E-state index contributed by atoms with van der Waals surface area (Å²) in [5.41, 5.74) is 0.972. The molecule has 24 heavy (non-hydrogen) atoms. The Balaban J connectivity index is 1.90. The first-order valence-electron chi connectivity index (χ1n) is 6.91. The van der Waals surface area contributed by atoms with Crippen LogP contribution in [0.2, 0.25) is 0 Å². The normalized spacial score (nSPS) is 17.9. The highest BCUT2D eigenvalue weighted by molar-refractivity contribution is 8.18. The van der Waals surface area contributed by atoms with E-state index in [2.05, 4.69) is 9.98 Å². The second-order valence-corrected chi connectivity index (χ2v) is 6.01. The van der Waals surface area contributed by atoms with Crippen LogP contribution in [0.15, 0.2) is 46.4 Å². The number of aromatic nitrogens is 1. The first kappa shape index (κ1) is 15.9. The van der Waals surface area contributed by atoms with E-state index in [4.69, 9.17) is 5.11 Å². The molecule has 0 saturated carbocycles. The molecule has 8 heteroatoms. The quantitative estimate of drug-likeness (QED) is 0.743. The second kappa shape index (κ2) is 6.25. The Morgan fingerprint density at radius 3 is 2.79 bits per heavy atom. The lowest BCUT2D eigenvalue weighted by molar-refractivity contribution is -0.121. The van der Waals surface area contributed by atoms with Crippen molar-refractivity contribution in [2.45, 2.75) is 0 Å². The van der Waals surface area contributed by atoms with Gasteiger partial charge in [-0.15, -0.1) is 0 Å². The second-order valence-electron chi connectivity index (χ2n) is 5.00. The maximum Gasteiger partial charge on any atom is 0.339 e. The predicted molar refractivity (Wildman–Crippen MR) is 91.3 cm³/mol. The molecule has 1 saturated heterocycles. The molecule has 1 aliphatic rings. The molecular formula is C16H13N3O4S. The number of carboxylic acid groups (broad SMARTS) is 1. The Morgan fingerprint density at radius 2 is 2.17 bits per heavy atom. The average molecular weight is 343 g/mol. The van der Waals surface area contributed by atoms with Crippen molar-refractivity contribution < 1.29 is 19.8 Å². The van der Waals surface area contributed by atoms with E-state index in [-0.39, 0.29) is 17.2 Å². The molecule has 1 aliphatic heterocycles. The van der Waals surface area contributed by atoms with Crippen LogP contribution in [-0.4, -0.2) is 44.2 Å². The Morgan fingerprint density at radius 1 is 1.38 bits per heavy atom. The Kier molecular flexibility index (Phi) is 4.13. The van der Waals surface area contributed by atoms with Crippen molar-refractivity contribution in [2.75, 3.05) is 7.05 Å². The van der Waals surface area contributed by atoms with E-state index in [1.165, 1.54) is 34.9 Å². The van der Waals surface area contributed by atoms with Gasteiger partial charge in [0.05, 0.1) is 10.6 Å². The molecule has 7 nitrogen and oxygen atoms in total. The van der Waals surface area contributed by atoms with E-state index < -0.39 is 5.97 Å². The minimum atomic E-state index is -1.22. The highest BCUT2D eigenvalue weighted by Crippen LogP contribution is 2.33. The van der Waals surface area contributed by atoms with Gasteiger partial charge in [0.1, 0.15) is 11.3 Å². The number of aromatic amines is 1. The van der Waals surface area contributed by atoms with Crippen LogP contribution in [0.4, 0.5) is 5.69 Å². The van der Waals surface area contributed by atoms with E-state index in [9.17, 15) is 14.7 Å². The van der Waals surface area contributed by atoms with Gasteiger partial charge in [-0.05, 0) is 42.1 Å². The van der Waals surface area contributed by atoms with E-state index in [1.54, 1.807) is 19.3 Å². The molecule has 0 radical (unpaired) electrons. The van der Waals surface area contributed by atoms with Crippen molar-refractivity contribution in [2.24, 2.45) is 4.99 Å². The zero-order valence-electron chi connectivity index (χ0n) is 12.6. The van der Waals surface area contributed by atoms with Crippen molar-refractivity contribution in [3.05, 3.63) is 52.7 Å². The van der Waals surface area contributed by atoms with Crippen molar-refractivity contribution in [3.63, 3.8) is 0 Å². The van der Waals surface area contributed by atoms with Gasteiger partial charge >= 0.3 is 5.97 Å². The number of hydrogen-bond donors (Lipinski definition) is 3. The third-order valence-corrected chi connectivity index (χ3v) is 4.41. The fraction of sp³-hybridized carbons (Fsp3) is 0.0625. The van der Waals surface area contributed by atoms with Gasteiger partial charge in [-0.1, -0.05) is 0 Å². The largest absolute Gasteiger partial charge is 0.507 e. The number of carbonyl (C=O) groups is 2. The van der Waals surface area contributed by atoms with Crippen molar-refractivity contribution in [1.29, 1.82) is 0 Å². The molecule has 2 aromatic rings. The molecule has 0 unspecified atom stereocenters. The van der Waals surface area contributed by atoms with E-state index >= 15 is 0 Å². The Hall–Kier alpha value is -3.00. The van der Waals surface area contributed by atoms with Crippen LogP contribution in [0.3, 0.4) is 0 Å². The number of phenols is 1. The van der Waals surface area contributed by atoms with Crippen LogP contribution >= 0.6 is 11.8 Å². The lowest BCUT2D eigenvalue weighted by Gasteiger charge is -2.07. The fourth-order valence-electron chi connectivity index (χ4n) is 2.11. The maximum absolute atomic E-state index is 12.3. The summed E-state index contributed by atoms with van der Waals surface area (Å²) in [4.78, 5) is 32.4. The molecular weight excluding hydrogens is 330 g/mol. The number of nitrogens with zero attached hydrogens (tertiary/aromatic N) is 2. The van der Waals surface area contributed by atoms with Crippen molar-refractivity contribution in [3.8, 4) is 5.75 Å². The zero-order chi connectivity index (χ0) is 17.3. The number of hydrogen-bond acceptors (Lipinski definition) is 5. The summed E-state index contributed by atoms with van der Waals surface area (Å²) >= 11 is 1.21. The van der Waals surface area contributed by atoms with Crippen LogP contribution in [0, 0.1) is 0 Å². The summed E-state index contributed by atoms with van der Waals surface area (Å²) in [6.45, 7) is 0. The summed E-state index contributed by atoms with van der Waals surface area (Å²) in [7, 11) is 1.61. The summed E-state index contributed by atoms with van der Waals surface area (Å²) in [5, 5.41) is 19.1. The molecule has 0 spiro atoms. The lowest BCUT2D eigenvalue weighted by atomic mass is 10.2. The summed E-state index contributed by atoms with van der Waals surface area (Å²) in [6, 6.07) is 7.68. The summed E-state index contributed by atoms with van der Waals surface area (Å²) in [5.74, 6) is -1.77. The topological polar surface area (TPSA) is 106 Å². The number of likely N-dealkylation sites (N-methyl/N-ethyl adjacent to an activating group) is 1. The number of amides is 1. The van der Waals surface area contributed by atoms with Gasteiger partial charge in [0.15, 0.2) is 5.17 Å². The van der Waals surface area contributed by atoms with Gasteiger partial charge in [0.25, 0.3) is 5.91 Å². The number of nitrogens with one attached hydrogen (secondary N) is 1. The first-order chi connectivity index (χ1) is 11.5. The highest BCUT2D eigenvalue weighted by atomic mass is 32.2. The molecule has 1 aromatic carbocycles. The fourth-order valence-corrected chi connectivity index (χ4v) is 3.09. The zero-order valence-corrected chi connectivity index (χ0v) is 13.4. The maximum atomic E-state index is 12.3. The third-order valence-electron chi connectivity index (χ3n) is 3.35. The van der Waals surface area contributed by atoms with Gasteiger partial charge < -0.3 is 15.2 Å². The molecule has 3 N–H and O–H groups in total. The highest BCUT2D eigenvalue weighted by Gasteiger charge is 2.30. The third kappa shape index (κ3) is 3.04. The lowest BCUT2D eigenvalue weighted by Crippen LogP contribution is -2.23. The smallest absolute Gasteiger partial charge is 0.339 e. The first-order valence-corrected chi connectivity index (χ1v) is 7.73. The molecule has 122 valence electrons. The predicted octanol–water partition coefficient (Wildman–Crippen LogP) is 2.65. The van der Waals surface area contributed by atoms with Crippen LogP contribution in [-0.2, 0) is 4.79 Å². The number of carboxylic acids is 1. The molecule has 0 aliphatic carbocycles. The molecule has 0 bridgehead atoms. The standard InChI is InChI=1S/C16H13N3O4S/c1-19-14(21)13(8-9-3-2-6-17-9)24-16(19)18-10-4-5-11(15(22)23)12(20)7-10/h2-8,17,20H,1H3,(H,22,23)/b13-8-,18-16?. The van der Waals surface area contributed by atoms with Gasteiger partial charge in [-0.2, -0.15) is 0 Å². The van der Waals surface area contributed by atoms with E-state index in [1.807, 2.05) is 12.1 Å². The van der Waals surface area contributed by atoms with Gasteiger partial charge in [0, 0.05) is 25.0 Å². The number of thioether (sulfide) groups is 1. The van der Waals surface area contributed by atoms with Crippen molar-refractivity contribution >= 4 is 40.6 Å². The van der Waals surface area contributed by atoms with E-state index in [0.29, 0.717) is 15.8 Å². The number of amidine groups is 1. The van der Waals surface area contributed by atoms with Gasteiger partial charge in [-0.25, -0.2) is 9.79 Å². The van der Waals surface area contributed by atoms with Crippen LogP contribution < -0.4 is 0 Å². The molecule has 2 heterocycles. The molecule has 1 amide bonds. The number of aromatic hydroxyl groups is 1. The molecule has 1 aromatic heterocycles. The van der Waals surface area contributed by atoms with E-state index in [0.717, 1.165) is 5.69 Å². The van der Waals surface area contributed by atoms with Crippen LogP contribution in [0.25, 0.3) is 6.08 Å². The number of benzene rings is 1. The van der Waals surface area contributed by atoms with Crippen molar-refractivity contribution in [1.82, 2.24) is 9.88 Å². The SMILES string of the molecule is CN1C(=O)/C(=C/c2ccc[nH]2)SC1=Nc1ccc(C(=O)O)c(O)c1. The minimum Gasteiger partial charge on any atom is -0.507 e. The summed E-state index contributed by atoms with van der Waals surface area (Å²) in [6.07, 6.45) is 3.50. The minimum absolute atomic E-state index is 0.181. The summed E-state index contributed by atoms with van der Waals surface area (Å²) < 4.78 is 0. The molecule has 1 fully saturated rings. The van der Waals surface area contributed by atoms with Crippen LogP contribution in [0.5, 0.6) is 5.75 Å². The number of carbonyl (C=O) groups excluding carboxylic acids is 1. The molecule has 0 atom stereocenters. The number of aromatic carboxylic acids is 1. The number of aliphatic imine (C=N–C) groups is 1. The molecule has 3 rings (SSSR count). The average Bonchev–Trinajstić information content (AvgIpc) is 3.12. The van der Waals surface area contributed by atoms with Crippen LogP contribution in [0.1, 0.15) is 16.1 Å². The van der Waals surface area contributed by atoms with Gasteiger partial charge in [-0.3, -0.25) is 9.69 Å².